The lowest BCUT2D eigenvalue weighted by Gasteiger charge is -2.06. The second-order valence-corrected chi connectivity index (χ2v) is 5.87. The van der Waals surface area contributed by atoms with Crippen LogP contribution in [-0.4, -0.2) is 23.1 Å². The number of fused-ring (bicyclic) bond motifs is 1. The average Bonchev–Trinajstić information content (AvgIpc) is 2.96. The van der Waals surface area contributed by atoms with Crippen molar-refractivity contribution in [3.05, 3.63) is 64.7 Å². The molecule has 1 aromatic carbocycles. The summed E-state index contributed by atoms with van der Waals surface area (Å²) in [5, 5.41) is 3.22. The quantitative estimate of drug-likeness (QED) is 0.888. The predicted molar refractivity (Wildman–Crippen MR) is 91.6 cm³/mol. The van der Waals surface area contributed by atoms with Gasteiger partial charge in [0.2, 0.25) is 0 Å². The number of carbonyl (C=O) groups is 1. The number of Topliss-reactive ketones (excluding diaryl/α,β-unsaturated/α-hetero) is 1. The lowest BCUT2D eigenvalue weighted by Crippen LogP contribution is -2.22. The van der Waals surface area contributed by atoms with Crippen molar-refractivity contribution in [2.45, 2.75) is 32.7 Å². The monoisotopic (exact) mass is 325 g/mol. The SMILES string of the molecule is CCNC1=NCc2cc(CC(=O)CCc3cccc(F)c3)ncc21. The van der Waals surface area contributed by atoms with Crippen LogP contribution in [0.3, 0.4) is 0 Å². The van der Waals surface area contributed by atoms with Gasteiger partial charge in [-0.2, -0.15) is 0 Å². The number of aromatic nitrogens is 1. The minimum absolute atomic E-state index is 0.109. The van der Waals surface area contributed by atoms with Crippen molar-refractivity contribution < 1.29 is 9.18 Å². The highest BCUT2D eigenvalue weighted by atomic mass is 19.1. The van der Waals surface area contributed by atoms with E-state index < -0.39 is 0 Å². The molecular weight excluding hydrogens is 305 g/mol. The second-order valence-electron chi connectivity index (χ2n) is 5.87. The first-order chi connectivity index (χ1) is 11.7. The molecule has 24 heavy (non-hydrogen) atoms. The number of pyridine rings is 1. The molecule has 0 amide bonds. The fourth-order valence-corrected chi connectivity index (χ4v) is 2.82. The Morgan fingerprint density at radius 1 is 1.33 bits per heavy atom. The highest BCUT2D eigenvalue weighted by Gasteiger charge is 2.17. The molecule has 0 spiro atoms. The summed E-state index contributed by atoms with van der Waals surface area (Å²) >= 11 is 0. The Morgan fingerprint density at radius 2 is 2.21 bits per heavy atom. The maximum absolute atomic E-state index is 13.1. The van der Waals surface area contributed by atoms with Gasteiger partial charge in [-0.3, -0.25) is 14.8 Å². The van der Waals surface area contributed by atoms with E-state index in [1.54, 1.807) is 12.3 Å². The number of benzene rings is 1. The van der Waals surface area contributed by atoms with Crippen molar-refractivity contribution in [3.63, 3.8) is 0 Å². The van der Waals surface area contributed by atoms with Gasteiger partial charge in [-0.15, -0.1) is 0 Å². The van der Waals surface area contributed by atoms with Crippen LogP contribution >= 0.6 is 0 Å². The zero-order valence-electron chi connectivity index (χ0n) is 13.7. The van der Waals surface area contributed by atoms with Crippen LogP contribution in [-0.2, 0) is 24.2 Å². The van der Waals surface area contributed by atoms with E-state index in [0.717, 1.165) is 34.8 Å². The molecule has 0 aliphatic carbocycles. The van der Waals surface area contributed by atoms with E-state index in [4.69, 9.17) is 0 Å². The molecule has 1 N–H and O–H groups in total. The molecule has 0 unspecified atom stereocenters. The van der Waals surface area contributed by atoms with Crippen molar-refractivity contribution >= 4 is 11.6 Å². The van der Waals surface area contributed by atoms with Crippen LogP contribution in [0.5, 0.6) is 0 Å². The summed E-state index contributed by atoms with van der Waals surface area (Å²) < 4.78 is 13.1. The molecule has 1 aliphatic heterocycles. The van der Waals surface area contributed by atoms with Crippen molar-refractivity contribution in [1.82, 2.24) is 10.3 Å². The number of rotatable bonds is 6. The number of halogens is 1. The van der Waals surface area contributed by atoms with Gasteiger partial charge in [0.1, 0.15) is 17.4 Å². The molecule has 5 heteroatoms. The number of nitrogens with one attached hydrogen (secondary N) is 1. The van der Waals surface area contributed by atoms with Gasteiger partial charge in [0.25, 0.3) is 0 Å². The molecule has 0 atom stereocenters. The molecule has 2 aromatic rings. The second kappa shape index (κ2) is 7.34. The summed E-state index contributed by atoms with van der Waals surface area (Å²) in [5.74, 6) is 0.721. The maximum atomic E-state index is 13.1. The number of hydrogen-bond donors (Lipinski definition) is 1. The molecule has 0 fully saturated rings. The number of amidine groups is 1. The van der Waals surface area contributed by atoms with Gasteiger partial charge in [0.15, 0.2) is 0 Å². The summed E-state index contributed by atoms with van der Waals surface area (Å²) in [4.78, 5) is 21.0. The van der Waals surface area contributed by atoms with E-state index in [1.165, 1.54) is 12.1 Å². The van der Waals surface area contributed by atoms with Crippen LogP contribution in [0.15, 0.2) is 41.5 Å². The van der Waals surface area contributed by atoms with Crippen molar-refractivity contribution in [1.29, 1.82) is 0 Å². The highest BCUT2D eigenvalue weighted by molar-refractivity contribution is 6.01. The first kappa shape index (κ1) is 16.3. The molecule has 0 bridgehead atoms. The molecule has 0 radical (unpaired) electrons. The van der Waals surface area contributed by atoms with Crippen LogP contribution < -0.4 is 5.32 Å². The largest absolute Gasteiger partial charge is 0.370 e. The van der Waals surface area contributed by atoms with Crippen molar-refractivity contribution in [2.75, 3.05) is 6.54 Å². The Kier molecular flexibility index (Phi) is 4.99. The van der Waals surface area contributed by atoms with E-state index in [0.29, 0.717) is 25.8 Å². The average molecular weight is 325 g/mol. The zero-order chi connectivity index (χ0) is 16.9. The summed E-state index contributed by atoms with van der Waals surface area (Å²) in [6.07, 6.45) is 3.04. The van der Waals surface area contributed by atoms with Gasteiger partial charge in [0.05, 0.1) is 6.54 Å². The molecule has 1 aliphatic rings. The third kappa shape index (κ3) is 3.85. The molecule has 2 heterocycles. The molecule has 0 saturated heterocycles. The summed E-state index contributed by atoms with van der Waals surface area (Å²) in [6, 6.07) is 8.34. The van der Waals surface area contributed by atoms with E-state index in [9.17, 15) is 9.18 Å². The van der Waals surface area contributed by atoms with Crippen LogP contribution in [0.2, 0.25) is 0 Å². The Labute approximate surface area is 140 Å². The first-order valence-electron chi connectivity index (χ1n) is 8.18. The molecule has 1 aromatic heterocycles. The zero-order valence-corrected chi connectivity index (χ0v) is 13.7. The minimum atomic E-state index is -0.267. The van der Waals surface area contributed by atoms with Gasteiger partial charge < -0.3 is 5.32 Å². The lowest BCUT2D eigenvalue weighted by molar-refractivity contribution is -0.118. The Morgan fingerprint density at radius 3 is 3.00 bits per heavy atom. The Balaban J connectivity index is 1.58. The molecular formula is C19H20FN3O. The van der Waals surface area contributed by atoms with E-state index >= 15 is 0 Å². The number of aryl methyl sites for hydroxylation is 1. The number of hydrogen-bond acceptors (Lipinski definition) is 4. The van der Waals surface area contributed by atoms with Gasteiger partial charge in [-0.25, -0.2) is 4.39 Å². The third-order valence-corrected chi connectivity index (χ3v) is 4.01. The maximum Gasteiger partial charge on any atom is 0.139 e. The number of carbonyl (C=O) groups excluding carboxylic acids is 1. The summed E-state index contributed by atoms with van der Waals surface area (Å²) in [7, 11) is 0. The number of nitrogens with zero attached hydrogens (tertiary/aromatic N) is 2. The molecule has 3 rings (SSSR count). The predicted octanol–water partition coefficient (Wildman–Crippen LogP) is 2.83. The van der Waals surface area contributed by atoms with Crippen molar-refractivity contribution in [3.8, 4) is 0 Å². The molecule has 124 valence electrons. The van der Waals surface area contributed by atoms with Gasteiger partial charge >= 0.3 is 0 Å². The normalized spacial score (nSPS) is 12.7. The smallest absolute Gasteiger partial charge is 0.139 e. The number of ketones is 1. The highest BCUT2D eigenvalue weighted by Crippen LogP contribution is 2.18. The van der Waals surface area contributed by atoms with Crippen LogP contribution in [0, 0.1) is 5.82 Å². The van der Waals surface area contributed by atoms with Gasteiger partial charge in [-0.1, -0.05) is 12.1 Å². The van der Waals surface area contributed by atoms with E-state index in [-0.39, 0.29) is 11.6 Å². The van der Waals surface area contributed by atoms with Crippen LogP contribution in [0.4, 0.5) is 4.39 Å². The fraction of sp³-hybridized carbons (Fsp3) is 0.316. The van der Waals surface area contributed by atoms with Gasteiger partial charge in [0, 0.05) is 36.8 Å². The topological polar surface area (TPSA) is 54.4 Å². The summed E-state index contributed by atoms with van der Waals surface area (Å²) in [6.45, 7) is 3.48. The van der Waals surface area contributed by atoms with Crippen LogP contribution in [0.1, 0.15) is 35.7 Å². The Hall–Kier alpha value is -2.56. The Bertz CT molecular complexity index is 786. The van der Waals surface area contributed by atoms with E-state index in [2.05, 4.69) is 15.3 Å². The van der Waals surface area contributed by atoms with Crippen LogP contribution in [0.25, 0.3) is 0 Å². The molecule has 4 nitrogen and oxygen atoms in total. The van der Waals surface area contributed by atoms with Crippen molar-refractivity contribution in [2.24, 2.45) is 4.99 Å². The summed E-state index contributed by atoms with van der Waals surface area (Å²) in [5.41, 5.74) is 3.74. The standard InChI is InChI=1S/C19H20FN3O/c1-2-21-19-18-12-22-16(9-14(18)11-23-19)10-17(24)7-6-13-4-3-5-15(20)8-13/h3-5,8-9,12H,2,6-7,10-11H2,1H3,(H,21,23). The fourth-order valence-electron chi connectivity index (χ4n) is 2.82. The van der Waals surface area contributed by atoms with E-state index in [1.807, 2.05) is 19.1 Å². The third-order valence-electron chi connectivity index (χ3n) is 4.01. The first-order valence-corrected chi connectivity index (χ1v) is 8.18. The minimum Gasteiger partial charge on any atom is -0.370 e. The molecule has 0 saturated carbocycles. The number of aliphatic imine (C=N–C) groups is 1. The van der Waals surface area contributed by atoms with Gasteiger partial charge in [-0.05, 0) is 42.7 Å². The lowest BCUT2D eigenvalue weighted by atomic mass is 10.0.